The molecule has 0 aromatic heterocycles. The van der Waals surface area contributed by atoms with Crippen LogP contribution in [0.5, 0.6) is 0 Å². The molecule has 1 N–H and O–H groups in total. The van der Waals surface area contributed by atoms with Crippen LogP contribution in [0.1, 0.15) is 39.0 Å². The number of aliphatic hydroxyl groups is 1. The van der Waals surface area contributed by atoms with Crippen molar-refractivity contribution in [3.8, 4) is 0 Å². The normalized spacial score (nSPS) is 44.9. The Kier molecular flexibility index (Phi) is 2.58. The lowest BCUT2D eigenvalue weighted by Gasteiger charge is -2.32. The lowest BCUT2D eigenvalue weighted by Crippen LogP contribution is -2.34. The summed E-state index contributed by atoms with van der Waals surface area (Å²) in [6.45, 7) is 3.20. The van der Waals surface area contributed by atoms with Crippen molar-refractivity contribution < 1.29 is 19.4 Å². The fourth-order valence-electron chi connectivity index (χ4n) is 3.77. The number of hydrogen-bond acceptors (Lipinski definition) is 4. The van der Waals surface area contributed by atoms with Crippen LogP contribution in [0.25, 0.3) is 0 Å². The molecule has 2 saturated carbocycles. The van der Waals surface area contributed by atoms with E-state index in [0.29, 0.717) is 19.6 Å². The minimum atomic E-state index is -0.676. The highest BCUT2D eigenvalue weighted by Gasteiger charge is 2.55. The van der Waals surface area contributed by atoms with Crippen LogP contribution < -0.4 is 0 Å². The first kappa shape index (κ1) is 11.6. The quantitative estimate of drug-likeness (QED) is 0.692. The number of hydrogen-bond donors (Lipinski definition) is 1. The molecular weight excluding hydrogens is 220 g/mol. The number of Topliss-reactive ketones (excluding diaryl/α,β-unsaturated/α-hetero) is 1. The van der Waals surface area contributed by atoms with E-state index < -0.39 is 5.79 Å². The van der Waals surface area contributed by atoms with Crippen molar-refractivity contribution in [3.05, 3.63) is 0 Å². The Morgan fingerprint density at radius 3 is 2.65 bits per heavy atom. The molecule has 1 heterocycles. The largest absolute Gasteiger partial charge is 0.393 e. The highest BCUT2D eigenvalue weighted by molar-refractivity contribution is 5.83. The third-order valence-corrected chi connectivity index (χ3v) is 4.98. The second-order valence-electron chi connectivity index (χ2n) is 5.90. The third kappa shape index (κ3) is 1.65. The first-order valence-electron chi connectivity index (χ1n) is 6.54. The molecule has 0 amide bonds. The molecule has 0 bridgehead atoms. The highest BCUT2D eigenvalue weighted by atomic mass is 16.7. The lowest BCUT2D eigenvalue weighted by molar-refractivity contribution is -0.171. The summed E-state index contributed by atoms with van der Waals surface area (Å²) in [7, 11) is 0. The smallest absolute Gasteiger partial charge is 0.175 e. The van der Waals surface area contributed by atoms with Gasteiger partial charge in [-0.05, 0) is 19.3 Å². The maximum Gasteiger partial charge on any atom is 0.175 e. The fraction of sp³-hybridized carbons (Fsp3) is 0.923. The first-order chi connectivity index (χ1) is 8.06. The Balaban J connectivity index is 1.88. The molecule has 2 aliphatic carbocycles. The fourth-order valence-corrected chi connectivity index (χ4v) is 3.77. The van der Waals surface area contributed by atoms with Crippen molar-refractivity contribution in [3.63, 3.8) is 0 Å². The zero-order valence-corrected chi connectivity index (χ0v) is 10.3. The number of ketones is 1. The second-order valence-corrected chi connectivity index (χ2v) is 5.90. The molecule has 0 aromatic carbocycles. The van der Waals surface area contributed by atoms with Crippen LogP contribution >= 0.6 is 0 Å². The summed E-state index contributed by atoms with van der Waals surface area (Å²) < 4.78 is 11.3. The average molecular weight is 240 g/mol. The Hall–Kier alpha value is -0.450. The number of rotatable bonds is 0. The lowest BCUT2D eigenvalue weighted by atomic mass is 9.74. The van der Waals surface area contributed by atoms with Crippen molar-refractivity contribution in [1.29, 1.82) is 0 Å². The van der Waals surface area contributed by atoms with Crippen molar-refractivity contribution >= 4 is 5.78 Å². The van der Waals surface area contributed by atoms with Gasteiger partial charge in [-0.1, -0.05) is 6.92 Å². The standard InChI is InChI=1S/C13H20O4/c1-12-4-5-13(16-6-7-17-13)8-10(14)9(12)2-3-11(12)15/h9,11,15H,2-8H2,1H3/t9-,11-,12+/m0/s1. The summed E-state index contributed by atoms with van der Waals surface area (Å²) in [6.07, 6.45) is 3.11. The highest BCUT2D eigenvalue weighted by Crippen LogP contribution is 2.52. The minimum absolute atomic E-state index is 0.00956. The van der Waals surface area contributed by atoms with Crippen LogP contribution in [0.4, 0.5) is 0 Å². The van der Waals surface area contributed by atoms with Crippen LogP contribution in [0.2, 0.25) is 0 Å². The van der Waals surface area contributed by atoms with Gasteiger partial charge in [-0.25, -0.2) is 0 Å². The van der Waals surface area contributed by atoms with Gasteiger partial charge in [0.2, 0.25) is 0 Å². The molecule has 1 spiro atoms. The molecule has 3 rings (SSSR count). The number of carbonyl (C=O) groups excluding carboxylic acids is 1. The monoisotopic (exact) mass is 240 g/mol. The molecule has 1 aliphatic heterocycles. The third-order valence-electron chi connectivity index (χ3n) is 4.98. The van der Waals surface area contributed by atoms with Gasteiger partial charge in [-0.15, -0.1) is 0 Å². The molecule has 0 aromatic rings. The molecule has 96 valence electrons. The van der Waals surface area contributed by atoms with Gasteiger partial charge in [0.05, 0.1) is 25.7 Å². The molecule has 1 saturated heterocycles. The molecule has 4 heteroatoms. The maximum atomic E-state index is 12.3. The zero-order chi connectivity index (χ0) is 12.1. The van der Waals surface area contributed by atoms with Gasteiger partial charge >= 0.3 is 0 Å². The van der Waals surface area contributed by atoms with E-state index in [2.05, 4.69) is 0 Å². The summed E-state index contributed by atoms with van der Waals surface area (Å²) >= 11 is 0. The van der Waals surface area contributed by atoms with E-state index in [4.69, 9.17) is 9.47 Å². The molecule has 17 heavy (non-hydrogen) atoms. The van der Waals surface area contributed by atoms with Crippen LogP contribution in [0.15, 0.2) is 0 Å². The van der Waals surface area contributed by atoms with E-state index in [0.717, 1.165) is 25.7 Å². The van der Waals surface area contributed by atoms with Crippen molar-refractivity contribution in [2.75, 3.05) is 13.2 Å². The molecule has 3 aliphatic rings. The van der Waals surface area contributed by atoms with Gasteiger partial charge in [0.15, 0.2) is 5.79 Å². The molecule has 3 atom stereocenters. The maximum absolute atomic E-state index is 12.3. The Labute approximate surface area is 101 Å². The minimum Gasteiger partial charge on any atom is -0.393 e. The van der Waals surface area contributed by atoms with Gasteiger partial charge in [0, 0.05) is 17.8 Å². The van der Waals surface area contributed by atoms with Crippen molar-refractivity contribution in [1.82, 2.24) is 0 Å². The Bertz CT molecular complexity index is 334. The SMILES string of the molecule is C[C@@]12CCC3(CC(=O)[C@@H]1CC[C@@H]2O)OCCO3. The first-order valence-corrected chi connectivity index (χ1v) is 6.54. The average Bonchev–Trinajstić information content (AvgIpc) is 2.82. The van der Waals surface area contributed by atoms with E-state index in [-0.39, 0.29) is 23.2 Å². The van der Waals surface area contributed by atoms with Crippen LogP contribution in [-0.4, -0.2) is 36.0 Å². The molecular formula is C13H20O4. The summed E-state index contributed by atoms with van der Waals surface area (Å²) in [5.74, 6) is -0.474. The van der Waals surface area contributed by atoms with E-state index in [1.165, 1.54) is 0 Å². The summed E-state index contributed by atoms with van der Waals surface area (Å²) in [4.78, 5) is 12.3. The molecule has 0 radical (unpaired) electrons. The van der Waals surface area contributed by atoms with Gasteiger partial charge in [-0.2, -0.15) is 0 Å². The number of fused-ring (bicyclic) bond motifs is 1. The van der Waals surface area contributed by atoms with Gasteiger partial charge in [0.25, 0.3) is 0 Å². The van der Waals surface area contributed by atoms with Crippen LogP contribution in [0, 0.1) is 11.3 Å². The molecule has 0 unspecified atom stereocenters. The number of aliphatic hydroxyl groups excluding tert-OH is 1. The predicted octanol–water partition coefficient (Wildman–Crippen LogP) is 1.26. The summed E-state index contributed by atoms with van der Waals surface area (Å²) in [6, 6.07) is 0. The summed E-state index contributed by atoms with van der Waals surface area (Å²) in [5, 5.41) is 10.1. The second kappa shape index (κ2) is 3.77. The predicted molar refractivity (Wildman–Crippen MR) is 60.3 cm³/mol. The molecule has 4 nitrogen and oxygen atoms in total. The van der Waals surface area contributed by atoms with Crippen LogP contribution in [0.3, 0.4) is 0 Å². The van der Waals surface area contributed by atoms with Gasteiger partial charge in [0.1, 0.15) is 5.78 Å². The zero-order valence-electron chi connectivity index (χ0n) is 10.3. The Morgan fingerprint density at radius 1 is 1.24 bits per heavy atom. The number of ether oxygens (including phenoxy) is 2. The number of carbonyl (C=O) groups is 1. The van der Waals surface area contributed by atoms with Gasteiger partial charge < -0.3 is 14.6 Å². The molecule has 3 fully saturated rings. The summed E-state index contributed by atoms with van der Waals surface area (Å²) in [5.41, 5.74) is -0.268. The van der Waals surface area contributed by atoms with E-state index >= 15 is 0 Å². The van der Waals surface area contributed by atoms with Crippen molar-refractivity contribution in [2.24, 2.45) is 11.3 Å². The van der Waals surface area contributed by atoms with Crippen molar-refractivity contribution in [2.45, 2.75) is 50.9 Å². The van der Waals surface area contributed by atoms with Crippen LogP contribution in [-0.2, 0) is 14.3 Å². The van der Waals surface area contributed by atoms with E-state index in [9.17, 15) is 9.90 Å². The topological polar surface area (TPSA) is 55.8 Å². The van der Waals surface area contributed by atoms with E-state index in [1.54, 1.807) is 0 Å². The Morgan fingerprint density at radius 2 is 1.94 bits per heavy atom. The van der Waals surface area contributed by atoms with Gasteiger partial charge in [-0.3, -0.25) is 4.79 Å². The van der Waals surface area contributed by atoms with E-state index in [1.807, 2.05) is 6.92 Å².